The number of carbonyl (C=O) groups excluding carboxylic acids is 8. The number of aliphatic hydroxyl groups is 4. The molecule has 0 spiro atoms. The van der Waals surface area contributed by atoms with Gasteiger partial charge in [0.2, 0.25) is 0 Å². The Balaban J connectivity index is 0.000000273. The Morgan fingerprint density at radius 1 is 0.380 bits per heavy atom. The second kappa shape index (κ2) is 47.9. The Labute approximate surface area is 721 Å². The predicted molar refractivity (Wildman–Crippen MR) is 427 cm³/mol. The van der Waals surface area contributed by atoms with Crippen molar-refractivity contribution in [1.29, 1.82) is 0 Å². The summed E-state index contributed by atoms with van der Waals surface area (Å²) in [6, 6.07) is 34.5. The molecule has 0 aliphatic carbocycles. The van der Waals surface area contributed by atoms with E-state index in [0.29, 0.717) is 105 Å². The molecule has 6 aliphatic rings. The first-order chi connectivity index (χ1) is 56.3. The van der Waals surface area contributed by atoms with Crippen LogP contribution in [-0.4, -0.2) is 229 Å². The van der Waals surface area contributed by atoms with Crippen LogP contribution in [0.4, 0.5) is 0 Å². The summed E-state index contributed by atoms with van der Waals surface area (Å²) >= 11 is 3.61. The summed E-state index contributed by atoms with van der Waals surface area (Å²) in [5, 5.41) is 55.9. The van der Waals surface area contributed by atoms with E-state index in [4.69, 9.17) is 90.6 Å². The number of benzene rings is 6. The molecule has 6 heterocycles. The maximum Gasteiger partial charge on any atom is 1.00 e. The number of fused-ring (bicyclic) bond motifs is 3. The summed E-state index contributed by atoms with van der Waals surface area (Å²) in [6.45, 7) is 17.5. The van der Waals surface area contributed by atoms with Gasteiger partial charge in [0.05, 0.1) is 6.61 Å². The average Bonchev–Trinajstić information content (AvgIpc) is 0.770. The molecule has 33 nitrogen and oxygen atoms in total. The number of aliphatic hydroxyl groups excluding tert-OH is 4. The number of aryl methyl sites for hydroxylation is 2. The van der Waals surface area contributed by atoms with E-state index in [9.17, 15) is 58.8 Å². The number of hydrogen-bond acceptors (Lipinski definition) is 32. The van der Waals surface area contributed by atoms with Gasteiger partial charge in [-0.25, -0.2) is 0 Å². The van der Waals surface area contributed by atoms with Crippen LogP contribution in [0.5, 0.6) is 34.5 Å². The van der Waals surface area contributed by atoms with Crippen molar-refractivity contribution in [2.45, 2.75) is 206 Å². The molecule has 121 heavy (non-hydrogen) atoms. The van der Waals surface area contributed by atoms with Crippen LogP contribution in [0.25, 0.3) is 0 Å². The number of rotatable bonds is 23. The van der Waals surface area contributed by atoms with Gasteiger partial charge >= 0.3 is 73.7 Å². The fourth-order valence-electron chi connectivity index (χ4n) is 14.2. The van der Waals surface area contributed by atoms with Gasteiger partial charge in [-0.1, -0.05) is 103 Å². The summed E-state index contributed by atoms with van der Waals surface area (Å²) in [7, 11) is -1.12. The molecule has 2 unspecified atom stereocenters. The molecule has 6 aromatic rings. The minimum Gasteiger partial charge on any atom is -0.870 e. The molecule has 0 bridgehead atoms. The molecule has 0 saturated carbocycles. The summed E-state index contributed by atoms with van der Waals surface area (Å²) in [5.74, 6) is -0.963. The molecule has 0 radical (unpaired) electrons. The van der Waals surface area contributed by atoms with Gasteiger partial charge in [0.15, 0.2) is 71.1 Å². The van der Waals surface area contributed by atoms with Gasteiger partial charge in [0.25, 0.3) is 0 Å². The zero-order chi connectivity index (χ0) is 85.6. The van der Waals surface area contributed by atoms with Crippen LogP contribution < -0.4 is 47.3 Å². The van der Waals surface area contributed by atoms with Gasteiger partial charge < -0.3 is 122 Å². The van der Waals surface area contributed by atoms with Gasteiger partial charge in [0, 0.05) is 59.9 Å². The number of ether oxygens (including phenoxy) is 17. The van der Waals surface area contributed by atoms with Gasteiger partial charge in [-0.3, -0.25) is 38.4 Å². The molecule has 6 aliphatic heterocycles. The third-order valence-electron chi connectivity index (χ3n) is 19.5. The first-order valence-corrected chi connectivity index (χ1v) is 39.6. The molecular weight excluding hydrogens is 1650 g/mol. The third kappa shape index (κ3) is 28.1. The van der Waals surface area contributed by atoms with Crippen molar-refractivity contribution >= 4 is 70.8 Å². The second-order valence-corrected chi connectivity index (χ2v) is 29.3. The Hall–Kier alpha value is -9.42. The van der Waals surface area contributed by atoms with E-state index >= 15 is 0 Å². The summed E-state index contributed by atoms with van der Waals surface area (Å²) in [6.07, 6.45) is -13.3. The van der Waals surface area contributed by atoms with E-state index in [1.54, 1.807) is 13.0 Å². The maximum absolute atomic E-state index is 12.3. The normalized spacial score (nSPS) is 23.2. The number of carbonyl (C=O) groups is 8. The van der Waals surface area contributed by atoms with Gasteiger partial charge in [-0.2, -0.15) is 0 Å². The molecule has 0 amide bonds. The number of halogens is 1. The minimum atomic E-state index is -1.40. The zero-order valence-corrected chi connectivity index (χ0v) is 71.0. The molecule has 12 rings (SSSR count). The van der Waals surface area contributed by atoms with E-state index in [2.05, 4.69) is 29.8 Å². The Morgan fingerprint density at radius 2 is 0.686 bits per heavy atom. The largest absolute Gasteiger partial charge is 1.00 e. The van der Waals surface area contributed by atoms with Gasteiger partial charge in [-0.05, 0) is 142 Å². The van der Waals surface area contributed by atoms with E-state index in [-0.39, 0.29) is 43.0 Å². The quantitative estimate of drug-likeness (QED) is 0.0303. The van der Waals surface area contributed by atoms with Crippen LogP contribution in [0.15, 0.2) is 114 Å². The summed E-state index contributed by atoms with van der Waals surface area (Å²) in [5.41, 5.74) is 10.2. The summed E-state index contributed by atoms with van der Waals surface area (Å²) in [4.78, 5) is 96.1. The molecule has 3 saturated heterocycles. The van der Waals surface area contributed by atoms with Crippen molar-refractivity contribution in [3.8, 4) is 34.5 Å². The smallest absolute Gasteiger partial charge is 0.870 e. The van der Waals surface area contributed by atoms with Crippen molar-refractivity contribution < 1.29 is 179 Å². The van der Waals surface area contributed by atoms with Crippen LogP contribution in [0.1, 0.15) is 156 Å². The van der Waals surface area contributed by atoms with E-state index in [1.807, 2.05) is 103 Å². The van der Waals surface area contributed by atoms with Crippen molar-refractivity contribution in [1.82, 2.24) is 0 Å². The third-order valence-corrected chi connectivity index (χ3v) is 20.3. The summed E-state index contributed by atoms with van der Waals surface area (Å²) < 4.78 is 97.0. The predicted octanol–water partition coefficient (Wildman–Crippen LogP) is 3.63. The van der Waals surface area contributed by atoms with Crippen LogP contribution in [0.2, 0.25) is 6.32 Å². The molecule has 6 aromatic carbocycles. The van der Waals surface area contributed by atoms with Gasteiger partial charge in [-0.15, -0.1) is 0 Å². The monoisotopic (exact) mass is 1750 g/mol. The van der Waals surface area contributed by atoms with Crippen molar-refractivity contribution in [3.05, 3.63) is 175 Å². The molecule has 9 N–H and O–H groups in total. The van der Waals surface area contributed by atoms with Crippen molar-refractivity contribution in [3.63, 3.8) is 0 Å². The van der Waals surface area contributed by atoms with Crippen LogP contribution >= 0.6 is 15.9 Å². The van der Waals surface area contributed by atoms with Crippen LogP contribution in [0, 0.1) is 0 Å². The van der Waals surface area contributed by atoms with E-state index in [1.165, 1.54) is 61.0 Å². The zero-order valence-electron chi connectivity index (χ0n) is 69.5. The first-order valence-electron chi connectivity index (χ1n) is 38.8. The number of esters is 8. The van der Waals surface area contributed by atoms with Gasteiger partial charge in [0.1, 0.15) is 108 Å². The Morgan fingerprint density at radius 3 is 1.02 bits per heavy atom. The fourth-order valence-corrected chi connectivity index (χ4v) is 14.6. The van der Waals surface area contributed by atoms with E-state index < -0.39 is 153 Å². The second-order valence-electron chi connectivity index (χ2n) is 28.5. The van der Waals surface area contributed by atoms with Crippen molar-refractivity contribution in [2.75, 3.05) is 59.5 Å². The average molecular weight is 1750 g/mol. The minimum absolute atomic E-state index is 0. The topological polar surface area (TPSA) is 476 Å². The number of hydrogen-bond donors (Lipinski definition) is 6. The molecule has 654 valence electrons. The maximum atomic E-state index is 12.3. The Bertz CT molecular complexity index is 4470. The van der Waals surface area contributed by atoms with Crippen LogP contribution in [-0.2, 0) is 123 Å². The standard InChI is InChI=1S/C31H36O11.C29H31BrO11.C23H28O7.C2H7BO2.Li.2H2O/c1-6-22-8-9-23(15-24(22)13-21-7-10-25-26(14-21)37-12-11-36-25)28-30(40-19(4)34)31(41-20(5)35)29(39-18(3)33)27(42-28)16-38-17(2)32;1-15(31)37-14-25-27(38-16(2)32)29(40-18(4)34)28(39-17(3)33)26(41-25)20-6-7-22(30)21(13-20)11-19-5-8-23-24(12-19)36-10-9-35-23;1-2-14-4-5-15(23-22(27)21(26)20(25)19(12-24)30-23)11-16(14)9-13-3-6-17-18(10-13)29-8-7-28-17;1-2-3(4)5;;;/h7-10,14-15,27-31H,6,11-13,16H2,1-5H3;5-8,12-13,25-29H,9-11,14H2,1-4H3;3-6,10-11,19-27H,2,7-9,12H2,1H3;4-5H,2H2,1H3;;2*1H2/q;;;;+1;;/p-1/t27-,28+,29?,30+,31+;25-,26+,27?,28+,29+;19-,20-,21+,22-,23+;;;;/m111..../s1. The molecule has 36 heteroatoms. The molecular formula is C85H105BBrLiO33. The van der Waals surface area contributed by atoms with Crippen molar-refractivity contribution in [2.24, 2.45) is 0 Å². The molecule has 3 fully saturated rings. The van der Waals surface area contributed by atoms with E-state index in [0.717, 1.165) is 67.8 Å². The molecule has 0 aromatic heterocycles. The molecule has 15 atom stereocenters. The van der Waals surface area contributed by atoms with Crippen LogP contribution in [0.3, 0.4) is 0 Å². The fraction of sp³-hybridized carbons (Fsp3) is 0.482. The first kappa shape index (κ1) is 100. The Kier molecular flexibility index (Phi) is 39.7. The SMILES string of the molecule is CC(=O)OC[C@H]1O[C@@H](c2ccc(Br)c(Cc3ccc4c(c3)OCCO4)c2)[C@H](OC(C)=O)[C@@H](OC(C)=O)C1OC(C)=O.CCB(O)O.CCc1ccc([C@@H]2O[C@H](CO)[C@@H](O)[C@H](O)[C@H]2O)cc1Cc1ccc2c(c1)OCCO2.CCc1ccc([C@@H]2O[C@H](COC(C)=O)C(OC(C)=O)[C@H](OC(C)=O)[C@H]2OC(C)=O)cc1Cc1ccc2c(c1)OCCO2.O.[Li+].[OH-].